The van der Waals surface area contributed by atoms with Gasteiger partial charge in [-0.3, -0.25) is 0 Å². The Balaban J connectivity index is 1.24. The maximum atomic E-state index is 14.3. The predicted octanol–water partition coefficient (Wildman–Crippen LogP) is 4.55. The first-order valence-electron chi connectivity index (χ1n) is 13.8. The summed E-state index contributed by atoms with van der Waals surface area (Å²) in [6.07, 6.45) is 5.82. The number of aromatic nitrogens is 4. The highest BCUT2D eigenvalue weighted by Gasteiger charge is 2.22. The molecule has 0 unspecified atom stereocenters. The Labute approximate surface area is 237 Å². The molecule has 3 aromatic heterocycles. The summed E-state index contributed by atoms with van der Waals surface area (Å²) in [5.41, 5.74) is 1.78. The fourth-order valence-corrected chi connectivity index (χ4v) is 5.29. The largest absolute Gasteiger partial charge is 0.378 e. The molecule has 2 fully saturated rings. The highest BCUT2D eigenvalue weighted by atomic mass is 19.1. The average molecular weight is 562 g/mol. The molecule has 2 saturated heterocycles. The van der Waals surface area contributed by atoms with Crippen LogP contribution in [0.25, 0.3) is 10.9 Å². The predicted molar refractivity (Wildman–Crippen MR) is 156 cm³/mol. The Morgan fingerprint density at radius 1 is 0.854 bits per heavy atom. The number of hydrogen-bond acceptors (Lipinski definition) is 10. The first-order valence-corrected chi connectivity index (χ1v) is 13.8. The minimum absolute atomic E-state index is 0.0847. The molecule has 0 aliphatic carbocycles. The summed E-state index contributed by atoms with van der Waals surface area (Å²) >= 11 is 0. The Kier molecular flexibility index (Phi) is 7.75. The number of nitrogens with one attached hydrogen (secondary N) is 2. The Morgan fingerprint density at radius 3 is 2.34 bits per heavy atom. The van der Waals surface area contributed by atoms with Crippen LogP contribution in [0, 0.1) is 11.6 Å². The van der Waals surface area contributed by atoms with Crippen molar-refractivity contribution in [3.05, 3.63) is 60.4 Å². The lowest BCUT2D eigenvalue weighted by Crippen LogP contribution is -2.42. The molecule has 41 heavy (non-hydrogen) atoms. The van der Waals surface area contributed by atoms with Gasteiger partial charge in [-0.15, -0.1) is 0 Å². The summed E-state index contributed by atoms with van der Waals surface area (Å²) in [7, 11) is 4.29. The number of ether oxygens (including phenoxy) is 1. The van der Waals surface area contributed by atoms with E-state index in [2.05, 4.69) is 60.4 Å². The van der Waals surface area contributed by atoms with Crippen LogP contribution in [0.2, 0.25) is 0 Å². The van der Waals surface area contributed by atoms with Gasteiger partial charge in [-0.2, -0.15) is 4.98 Å². The summed E-state index contributed by atoms with van der Waals surface area (Å²) in [6.45, 7) is 4.46. The van der Waals surface area contributed by atoms with Crippen LogP contribution in [0.15, 0.2) is 48.8 Å². The fourth-order valence-electron chi connectivity index (χ4n) is 5.29. The van der Waals surface area contributed by atoms with Gasteiger partial charge in [0.05, 0.1) is 42.5 Å². The second-order valence-corrected chi connectivity index (χ2v) is 10.5. The fraction of sp³-hybridized carbons (Fsp3) is 0.379. The van der Waals surface area contributed by atoms with E-state index in [4.69, 9.17) is 9.72 Å². The molecule has 12 heteroatoms. The Hall–Kier alpha value is -4.16. The highest BCUT2D eigenvalue weighted by molar-refractivity contribution is 5.92. The summed E-state index contributed by atoms with van der Waals surface area (Å²) < 4.78 is 33.3. The van der Waals surface area contributed by atoms with Crippen LogP contribution in [0.5, 0.6) is 0 Å². The van der Waals surface area contributed by atoms with Gasteiger partial charge < -0.3 is 30.1 Å². The molecular weight excluding hydrogens is 528 g/mol. The number of halogens is 2. The topological polar surface area (TPSA) is 94.6 Å². The molecule has 2 aliphatic rings. The standard InChI is InChI=1S/C29H33F2N9O/c1-38(2)20-7-9-39(10-8-20)21-4-6-26(32-17-21)36-27-16-22-25(18-33-27)35-29(34-24-5-3-19(30)15-23(24)31)37-28(22)40-11-13-41-14-12-40/h3-6,15-18,20H,7-14H2,1-2H3,(H,32,33,36)(H,34,35,37). The van der Waals surface area contributed by atoms with E-state index in [1.54, 1.807) is 6.20 Å². The Bertz CT molecular complexity index is 1500. The lowest BCUT2D eigenvalue weighted by atomic mass is 10.0. The summed E-state index contributed by atoms with van der Waals surface area (Å²) in [6, 6.07) is 9.89. The number of benzene rings is 1. The van der Waals surface area contributed by atoms with Crippen molar-refractivity contribution in [2.45, 2.75) is 18.9 Å². The molecule has 0 saturated carbocycles. The molecule has 0 atom stereocenters. The smallest absolute Gasteiger partial charge is 0.229 e. The average Bonchev–Trinajstić information content (AvgIpc) is 2.99. The van der Waals surface area contributed by atoms with Crippen molar-refractivity contribution in [2.75, 3.05) is 73.9 Å². The summed E-state index contributed by atoms with van der Waals surface area (Å²) in [5.74, 6) is 0.781. The van der Waals surface area contributed by atoms with Crippen molar-refractivity contribution < 1.29 is 13.5 Å². The number of anilines is 6. The number of hydrogen-bond donors (Lipinski definition) is 2. The van der Waals surface area contributed by atoms with E-state index < -0.39 is 11.6 Å². The highest BCUT2D eigenvalue weighted by Crippen LogP contribution is 2.30. The first-order chi connectivity index (χ1) is 19.9. The molecule has 0 spiro atoms. The minimum Gasteiger partial charge on any atom is -0.378 e. The van der Waals surface area contributed by atoms with E-state index in [9.17, 15) is 8.78 Å². The molecule has 0 radical (unpaired) electrons. The van der Waals surface area contributed by atoms with Crippen molar-refractivity contribution in [3.63, 3.8) is 0 Å². The van der Waals surface area contributed by atoms with Crippen LogP contribution >= 0.6 is 0 Å². The second kappa shape index (κ2) is 11.8. The van der Waals surface area contributed by atoms with Crippen LogP contribution in [0.4, 0.5) is 43.6 Å². The van der Waals surface area contributed by atoms with Crippen LogP contribution in [0.1, 0.15) is 12.8 Å². The van der Waals surface area contributed by atoms with Gasteiger partial charge in [-0.25, -0.2) is 23.7 Å². The zero-order valence-electron chi connectivity index (χ0n) is 23.1. The number of nitrogens with zero attached hydrogens (tertiary/aromatic N) is 7. The van der Waals surface area contributed by atoms with Gasteiger partial charge in [0.1, 0.15) is 29.1 Å². The molecule has 2 aliphatic heterocycles. The first kappa shape index (κ1) is 27.0. The van der Waals surface area contributed by atoms with Crippen molar-refractivity contribution in [1.82, 2.24) is 24.8 Å². The van der Waals surface area contributed by atoms with Crippen LogP contribution in [0.3, 0.4) is 0 Å². The molecule has 0 bridgehead atoms. The van der Waals surface area contributed by atoms with Crippen LogP contribution in [-0.4, -0.2) is 84.4 Å². The van der Waals surface area contributed by atoms with E-state index >= 15 is 0 Å². The lowest BCUT2D eigenvalue weighted by molar-refractivity contribution is 0.122. The molecule has 5 heterocycles. The second-order valence-electron chi connectivity index (χ2n) is 10.5. The van der Waals surface area contributed by atoms with Crippen LogP contribution in [-0.2, 0) is 4.74 Å². The van der Waals surface area contributed by atoms with Crippen LogP contribution < -0.4 is 20.4 Å². The van der Waals surface area contributed by atoms with Crippen molar-refractivity contribution in [3.8, 4) is 0 Å². The minimum atomic E-state index is -0.726. The molecule has 0 amide bonds. The number of morpholine rings is 1. The normalized spacial score (nSPS) is 16.4. The SMILES string of the molecule is CN(C)C1CCN(c2ccc(Nc3cc4c(N5CCOCC5)nc(Nc5ccc(F)cc5F)nc4cn3)nc2)CC1. The van der Waals surface area contributed by atoms with Gasteiger partial charge >= 0.3 is 0 Å². The maximum Gasteiger partial charge on any atom is 0.229 e. The molecular formula is C29H33F2N9O. The van der Waals surface area contributed by atoms with E-state index in [1.807, 2.05) is 18.3 Å². The number of fused-ring (bicyclic) bond motifs is 1. The summed E-state index contributed by atoms with van der Waals surface area (Å²) in [4.78, 5) is 25.3. The van der Waals surface area contributed by atoms with Gasteiger partial charge in [-0.1, -0.05) is 0 Å². The molecule has 6 rings (SSSR count). The molecule has 2 N–H and O–H groups in total. The lowest BCUT2D eigenvalue weighted by Gasteiger charge is -2.36. The van der Waals surface area contributed by atoms with Crippen molar-refractivity contribution in [2.24, 2.45) is 0 Å². The number of pyridine rings is 2. The molecule has 10 nitrogen and oxygen atoms in total. The Morgan fingerprint density at radius 2 is 1.63 bits per heavy atom. The van der Waals surface area contributed by atoms with Crippen molar-refractivity contribution >= 4 is 45.7 Å². The van der Waals surface area contributed by atoms with Gasteiger partial charge in [0.15, 0.2) is 0 Å². The van der Waals surface area contributed by atoms with E-state index in [-0.39, 0.29) is 11.6 Å². The van der Waals surface area contributed by atoms with E-state index in [0.717, 1.165) is 43.1 Å². The number of piperidine rings is 1. The van der Waals surface area contributed by atoms with Gasteiger partial charge in [0.25, 0.3) is 0 Å². The quantitative estimate of drug-likeness (QED) is 0.335. The molecule has 214 valence electrons. The van der Waals surface area contributed by atoms with Crippen molar-refractivity contribution in [1.29, 1.82) is 0 Å². The third kappa shape index (κ3) is 6.13. The third-order valence-electron chi connectivity index (χ3n) is 7.61. The molecule has 1 aromatic carbocycles. The summed E-state index contributed by atoms with van der Waals surface area (Å²) in [5, 5.41) is 6.97. The van der Waals surface area contributed by atoms with Gasteiger partial charge in [-0.05, 0) is 57.3 Å². The monoisotopic (exact) mass is 561 g/mol. The van der Waals surface area contributed by atoms with Gasteiger partial charge in [0, 0.05) is 43.7 Å². The van der Waals surface area contributed by atoms with E-state index in [1.165, 1.54) is 12.1 Å². The number of rotatable bonds is 7. The van der Waals surface area contributed by atoms with E-state index in [0.29, 0.717) is 55.3 Å². The third-order valence-corrected chi connectivity index (χ3v) is 7.61. The maximum absolute atomic E-state index is 14.3. The zero-order valence-corrected chi connectivity index (χ0v) is 23.1. The molecule has 4 aromatic rings. The zero-order chi connectivity index (χ0) is 28.3. The van der Waals surface area contributed by atoms with Gasteiger partial charge in [0.2, 0.25) is 5.95 Å².